The van der Waals surface area contributed by atoms with E-state index < -0.39 is 0 Å². The zero-order valence-electron chi connectivity index (χ0n) is 7.17. The minimum atomic E-state index is -0.204. The monoisotopic (exact) mass is 171 g/mol. The zero-order valence-corrected chi connectivity index (χ0v) is 7.17. The molecule has 0 aromatic carbocycles. The van der Waals surface area contributed by atoms with Gasteiger partial charge in [0.05, 0.1) is 11.5 Å². The van der Waals surface area contributed by atoms with Crippen molar-refractivity contribution in [2.75, 3.05) is 6.54 Å². The molecule has 2 rings (SSSR count). The highest BCUT2D eigenvalue weighted by molar-refractivity contribution is 5.40. The molecular formula is C10H9N3. The van der Waals surface area contributed by atoms with Gasteiger partial charge in [-0.25, -0.2) is 0 Å². The Morgan fingerprint density at radius 3 is 2.46 bits per heavy atom. The topological polar surface area (TPSA) is 59.6 Å². The van der Waals surface area contributed by atoms with E-state index in [-0.39, 0.29) is 5.41 Å². The van der Waals surface area contributed by atoms with Crippen LogP contribution >= 0.6 is 0 Å². The highest BCUT2D eigenvalue weighted by Gasteiger charge is 2.46. The lowest BCUT2D eigenvalue weighted by molar-refractivity contribution is 0.721. The van der Waals surface area contributed by atoms with Crippen LogP contribution in [0.25, 0.3) is 0 Å². The second-order valence-electron chi connectivity index (χ2n) is 3.43. The van der Waals surface area contributed by atoms with Gasteiger partial charge in [0.2, 0.25) is 0 Å². The molecule has 1 N–H and O–H groups in total. The van der Waals surface area contributed by atoms with Crippen molar-refractivity contribution in [1.82, 2.24) is 5.32 Å². The third-order valence-corrected chi connectivity index (χ3v) is 2.62. The van der Waals surface area contributed by atoms with Crippen LogP contribution in [0.4, 0.5) is 0 Å². The van der Waals surface area contributed by atoms with Crippen LogP contribution in [0.5, 0.6) is 0 Å². The summed E-state index contributed by atoms with van der Waals surface area (Å²) in [6.45, 7) is 0.646. The van der Waals surface area contributed by atoms with Gasteiger partial charge in [-0.1, -0.05) is 6.08 Å². The average molecular weight is 171 g/mol. The summed E-state index contributed by atoms with van der Waals surface area (Å²) < 4.78 is 0. The van der Waals surface area contributed by atoms with E-state index >= 15 is 0 Å². The van der Waals surface area contributed by atoms with E-state index in [4.69, 9.17) is 10.5 Å². The average Bonchev–Trinajstić information content (AvgIpc) is 2.99. The first-order valence-electron chi connectivity index (χ1n) is 4.27. The molecule has 0 spiro atoms. The molecule has 1 aliphatic heterocycles. The van der Waals surface area contributed by atoms with Crippen LogP contribution in [0.1, 0.15) is 12.8 Å². The zero-order chi connectivity index (χ0) is 9.31. The van der Waals surface area contributed by atoms with Crippen molar-refractivity contribution in [3.05, 3.63) is 23.4 Å². The maximum atomic E-state index is 8.93. The number of rotatable bonds is 1. The van der Waals surface area contributed by atoms with Gasteiger partial charge >= 0.3 is 0 Å². The molecule has 0 aromatic heterocycles. The van der Waals surface area contributed by atoms with Crippen LogP contribution in [0.15, 0.2) is 23.4 Å². The van der Waals surface area contributed by atoms with Gasteiger partial charge in [-0.2, -0.15) is 10.5 Å². The Hall–Kier alpha value is -1.74. The van der Waals surface area contributed by atoms with Gasteiger partial charge in [0.15, 0.2) is 0 Å². The Morgan fingerprint density at radius 1 is 1.31 bits per heavy atom. The van der Waals surface area contributed by atoms with Gasteiger partial charge in [0.25, 0.3) is 0 Å². The van der Waals surface area contributed by atoms with Gasteiger partial charge < -0.3 is 5.32 Å². The normalized spacial score (nSPS) is 22.9. The van der Waals surface area contributed by atoms with E-state index in [2.05, 4.69) is 11.4 Å². The summed E-state index contributed by atoms with van der Waals surface area (Å²) in [5, 5.41) is 20.5. The summed E-state index contributed by atoms with van der Waals surface area (Å²) in [6, 6.07) is 4.37. The molecule has 1 saturated carbocycles. The van der Waals surface area contributed by atoms with Crippen LogP contribution in [-0.2, 0) is 0 Å². The van der Waals surface area contributed by atoms with E-state index in [1.165, 1.54) is 0 Å². The molecule has 0 atom stereocenters. The number of nitrogens with zero attached hydrogens (tertiary/aromatic N) is 2. The SMILES string of the molecule is N#CC1=CC=C(C2(C#N)CC2)CN1. The second-order valence-corrected chi connectivity index (χ2v) is 3.43. The van der Waals surface area contributed by atoms with Crippen molar-refractivity contribution in [2.24, 2.45) is 5.41 Å². The Kier molecular flexibility index (Phi) is 1.60. The molecule has 1 aliphatic carbocycles. The predicted octanol–water partition coefficient (Wildman–Crippen LogP) is 1.23. The second kappa shape index (κ2) is 2.64. The molecule has 0 unspecified atom stereocenters. The third kappa shape index (κ3) is 1.19. The third-order valence-electron chi connectivity index (χ3n) is 2.62. The molecule has 1 fully saturated rings. The van der Waals surface area contributed by atoms with Gasteiger partial charge in [0, 0.05) is 6.54 Å². The van der Waals surface area contributed by atoms with E-state index in [1.54, 1.807) is 6.08 Å². The van der Waals surface area contributed by atoms with E-state index in [1.807, 2.05) is 12.1 Å². The fraction of sp³-hybridized carbons (Fsp3) is 0.400. The van der Waals surface area contributed by atoms with Crippen molar-refractivity contribution >= 4 is 0 Å². The summed E-state index contributed by atoms with van der Waals surface area (Å²) in [5.74, 6) is 0. The maximum Gasteiger partial charge on any atom is 0.117 e. The summed E-state index contributed by atoms with van der Waals surface area (Å²) in [6.07, 6.45) is 5.58. The lowest BCUT2D eigenvalue weighted by Gasteiger charge is -2.16. The predicted molar refractivity (Wildman–Crippen MR) is 47.1 cm³/mol. The molecule has 0 amide bonds. The number of hydrogen-bond acceptors (Lipinski definition) is 3. The Bertz CT molecular complexity index is 372. The van der Waals surface area contributed by atoms with Gasteiger partial charge in [0.1, 0.15) is 11.8 Å². The molecule has 3 heteroatoms. The smallest absolute Gasteiger partial charge is 0.117 e. The first kappa shape index (κ1) is 7.89. The highest BCUT2D eigenvalue weighted by Crippen LogP contribution is 2.51. The Balaban J connectivity index is 2.22. The van der Waals surface area contributed by atoms with Crippen LogP contribution in [0, 0.1) is 28.1 Å². The van der Waals surface area contributed by atoms with E-state index in [9.17, 15) is 0 Å². The quantitative estimate of drug-likeness (QED) is 0.645. The maximum absolute atomic E-state index is 8.93. The van der Waals surface area contributed by atoms with E-state index in [0.29, 0.717) is 12.2 Å². The number of nitriles is 2. The number of hydrogen-bond donors (Lipinski definition) is 1. The summed E-state index contributed by atoms with van der Waals surface area (Å²) in [4.78, 5) is 0. The summed E-state index contributed by atoms with van der Waals surface area (Å²) in [5.41, 5.74) is 1.50. The molecule has 3 nitrogen and oxygen atoms in total. The van der Waals surface area contributed by atoms with Crippen LogP contribution in [-0.4, -0.2) is 6.54 Å². The molecule has 0 aromatic rings. The number of nitrogens with one attached hydrogen (secondary N) is 1. The molecule has 13 heavy (non-hydrogen) atoms. The van der Waals surface area contributed by atoms with Gasteiger partial charge in [-0.3, -0.25) is 0 Å². The minimum absolute atomic E-state index is 0.204. The van der Waals surface area contributed by atoms with Crippen LogP contribution in [0.3, 0.4) is 0 Å². The first-order chi connectivity index (χ1) is 6.30. The molecule has 0 bridgehead atoms. The Labute approximate surface area is 77.0 Å². The highest BCUT2D eigenvalue weighted by atomic mass is 14.9. The molecular weight excluding hydrogens is 162 g/mol. The summed E-state index contributed by atoms with van der Waals surface area (Å²) >= 11 is 0. The summed E-state index contributed by atoms with van der Waals surface area (Å²) in [7, 11) is 0. The molecule has 1 heterocycles. The van der Waals surface area contributed by atoms with Crippen molar-refractivity contribution in [1.29, 1.82) is 10.5 Å². The minimum Gasteiger partial charge on any atom is -0.373 e. The van der Waals surface area contributed by atoms with Crippen molar-refractivity contribution in [2.45, 2.75) is 12.8 Å². The largest absolute Gasteiger partial charge is 0.373 e. The lowest BCUT2D eigenvalue weighted by atomic mass is 9.95. The Morgan fingerprint density at radius 2 is 2.08 bits per heavy atom. The van der Waals surface area contributed by atoms with Crippen LogP contribution in [0.2, 0.25) is 0 Å². The van der Waals surface area contributed by atoms with Crippen molar-refractivity contribution in [3.63, 3.8) is 0 Å². The first-order valence-corrected chi connectivity index (χ1v) is 4.27. The number of dihydropyridines is 1. The van der Waals surface area contributed by atoms with Crippen molar-refractivity contribution in [3.8, 4) is 12.1 Å². The molecule has 64 valence electrons. The lowest BCUT2D eigenvalue weighted by Crippen LogP contribution is -2.22. The molecule has 0 radical (unpaired) electrons. The van der Waals surface area contributed by atoms with Gasteiger partial charge in [-0.15, -0.1) is 0 Å². The van der Waals surface area contributed by atoms with E-state index in [0.717, 1.165) is 18.4 Å². The van der Waals surface area contributed by atoms with Crippen molar-refractivity contribution < 1.29 is 0 Å². The number of allylic oxidation sites excluding steroid dienone is 3. The van der Waals surface area contributed by atoms with Crippen LogP contribution < -0.4 is 5.32 Å². The standard InChI is InChI=1S/C10H9N3/c11-5-9-2-1-8(6-13-9)10(7-12)3-4-10/h1-2,13H,3-4,6H2. The van der Waals surface area contributed by atoms with Gasteiger partial charge in [-0.05, 0) is 24.5 Å². The fourth-order valence-corrected chi connectivity index (χ4v) is 1.53. The fourth-order valence-electron chi connectivity index (χ4n) is 1.53. The molecule has 0 saturated heterocycles. The molecule has 2 aliphatic rings.